The van der Waals surface area contributed by atoms with Crippen LogP contribution in [0.15, 0.2) is 18.2 Å². The lowest BCUT2D eigenvalue weighted by atomic mass is 10.0. The molecule has 0 spiro atoms. The van der Waals surface area contributed by atoms with Crippen molar-refractivity contribution in [2.75, 3.05) is 21.3 Å². The molecular formula is C13H19NO3. The Morgan fingerprint density at radius 3 is 2.65 bits per heavy atom. The molecule has 1 aromatic rings. The highest BCUT2D eigenvalue weighted by Crippen LogP contribution is 2.25. The van der Waals surface area contributed by atoms with Crippen LogP contribution in [0.25, 0.3) is 0 Å². The minimum Gasteiger partial charge on any atom is -0.497 e. The minimum atomic E-state index is -0.120. The lowest BCUT2D eigenvalue weighted by Crippen LogP contribution is -2.27. The summed E-state index contributed by atoms with van der Waals surface area (Å²) in [5, 5.41) is 2.95. The molecule has 94 valence electrons. The molecule has 0 fully saturated rings. The Morgan fingerprint density at radius 2 is 2.12 bits per heavy atom. The van der Waals surface area contributed by atoms with E-state index >= 15 is 0 Å². The van der Waals surface area contributed by atoms with Gasteiger partial charge in [-0.25, -0.2) is 0 Å². The van der Waals surface area contributed by atoms with Gasteiger partial charge in [0.1, 0.15) is 17.8 Å². The zero-order chi connectivity index (χ0) is 12.7. The SMILES string of the molecule is CNC(C=O)CCc1cc(OC)ccc1OC. The molecule has 1 atom stereocenters. The monoisotopic (exact) mass is 237 g/mol. The van der Waals surface area contributed by atoms with Crippen LogP contribution in [0.5, 0.6) is 11.5 Å². The van der Waals surface area contributed by atoms with Gasteiger partial charge in [0.2, 0.25) is 0 Å². The average molecular weight is 237 g/mol. The van der Waals surface area contributed by atoms with Crippen LogP contribution in [-0.4, -0.2) is 33.6 Å². The number of carbonyl (C=O) groups excluding carboxylic acids is 1. The Hall–Kier alpha value is -1.55. The third-order valence-corrected chi connectivity index (χ3v) is 2.75. The third kappa shape index (κ3) is 3.75. The van der Waals surface area contributed by atoms with Gasteiger partial charge in [-0.3, -0.25) is 0 Å². The number of hydrogen-bond acceptors (Lipinski definition) is 4. The molecule has 1 rings (SSSR count). The maximum Gasteiger partial charge on any atom is 0.136 e. The first kappa shape index (κ1) is 13.5. The van der Waals surface area contributed by atoms with E-state index < -0.39 is 0 Å². The molecule has 0 aliphatic rings. The van der Waals surface area contributed by atoms with Crippen molar-refractivity contribution in [2.45, 2.75) is 18.9 Å². The van der Waals surface area contributed by atoms with E-state index in [1.165, 1.54) is 0 Å². The molecule has 17 heavy (non-hydrogen) atoms. The van der Waals surface area contributed by atoms with Crippen molar-refractivity contribution in [1.29, 1.82) is 0 Å². The number of methoxy groups -OCH3 is 2. The van der Waals surface area contributed by atoms with Gasteiger partial charge in [-0.05, 0) is 43.7 Å². The van der Waals surface area contributed by atoms with E-state index in [1.54, 1.807) is 21.3 Å². The van der Waals surface area contributed by atoms with Gasteiger partial charge in [-0.15, -0.1) is 0 Å². The first-order valence-electron chi connectivity index (χ1n) is 5.58. The van der Waals surface area contributed by atoms with E-state index in [0.717, 1.165) is 36.2 Å². The second-order valence-electron chi connectivity index (χ2n) is 3.75. The van der Waals surface area contributed by atoms with Crippen molar-refractivity contribution >= 4 is 6.29 Å². The van der Waals surface area contributed by atoms with Crippen molar-refractivity contribution in [3.8, 4) is 11.5 Å². The normalized spacial score (nSPS) is 11.9. The summed E-state index contributed by atoms with van der Waals surface area (Å²) in [5.41, 5.74) is 1.05. The molecule has 4 heteroatoms. The molecular weight excluding hydrogens is 218 g/mol. The van der Waals surface area contributed by atoms with Crippen molar-refractivity contribution in [3.63, 3.8) is 0 Å². The fraction of sp³-hybridized carbons (Fsp3) is 0.462. The second kappa shape index (κ2) is 6.91. The van der Waals surface area contributed by atoms with Crippen LogP contribution in [-0.2, 0) is 11.2 Å². The molecule has 0 amide bonds. The number of carbonyl (C=O) groups is 1. The van der Waals surface area contributed by atoms with Crippen molar-refractivity contribution in [2.24, 2.45) is 0 Å². The Morgan fingerprint density at radius 1 is 1.35 bits per heavy atom. The number of benzene rings is 1. The zero-order valence-corrected chi connectivity index (χ0v) is 10.5. The molecule has 0 aliphatic carbocycles. The molecule has 0 radical (unpaired) electrons. The molecule has 1 N–H and O–H groups in total. The van der Waals surface area contributed by atoms with Crippen molar-refractivity contribution in [1.82, 2.24) is 5.32 Å². The Balaban J connectivity index is 2.76. The van der Waals surface area contributed by atoms with Gasteiger partial charge in [-0.2, -0.15) is 0 Å². The maximum atomic E-state index is 10.7. The summed E-state index contributed by atoms with van der Waals surface area (Å²) in [6.45, 7) is 0. The summed E-state index contributed by atoms with van der Waals surface area (Å²) in [6.07, 6.45) is 2.43. The van der Waals surface area contributed by atoms with Crippen LogP contribution in [0.2, 0.25) is 0 Å². The van der Waals surface area contributed by atoms with Crippen LogP contribution in [0.4, 0.5) is 0 Å². The van der Waals surface area contributed by atoms with E-state index in [1.807, 2.05) is 18.2 Å². The Kier molecular flexibility index (Phi) is 5.49. The maximum absolute atomic E-state index is 10.7. The average Bonchev–Trinajstić information content (AvgIpc) is 2.39. The predicted molar refractivity (Wildman–Crippen MR) is 66.8 cm³/mol. The summed E-state index contributed by atoms with van der Waals surface area (Å²) in [6, 6.07) is 5.56. The van der Waals surface area contributed by atoms with Gasteiger partial charge in [0.05, 0.1) is 20.3 Å². The van der Waals surface area contributed by atoms with Crippen molar-refractivity contribution in [3.05, 3.63) is 23.8 Å². The van der Waals surface area contributed by atoms with Crippen LogP contribution >= 0.6 is 0 Å². The van der Waals surface area contributed by atoms with E-state index in [4.69, 9.17) is 9.47 Å². The summed E-state index contributed by atoms with van der Waals surface area (Å²) in [7, 11) is 5.05. The van der Waals surface area contributed by atoms with E-state index in [9.17, 15) is 4.79 Å². The van der Waals surface area contributed by atoms with Crippen LogP contribution in [0.1, 0.15) is 12.0 Å². The minimum absolute atomic E-state index is 0.120. The van der Waals surface area contributed by atoms with Gasteiger partial charge in [0.25, 0.3) is 0 Å². The Bertz CT molecular complexity index is 366. The predicted octanol–water partition coefficient (Wildman–Crippen LogP) is 1.42. The van der Waals surface area contributed by atoms with Crippen molar-refractivity contribution < 1.29 is 14.3 Å². The van der Waals surface area contributed by atoms with Gasteiger partial charge in [0.15, 0.2) is 0 Å². The topological polar surface area (TPSA) is 47.6 Å². The van der Waals surface area contributed by atoms with Crippen LogP contribution < -0.4 is 14.8 Å². The fourth-order valence-electron chi connectivity index (χ4n) is 1.67. The van der Waals surface area contributed by atoms with Gasteiger partial charge >= 0.3 is 0 Å². The first-order valence-corrected chi connectivity index (χ1v) is 5.58. The lowest BCUT2D eigenvalue weighted by Gasteiger charge is -2.12. The van der Waals surface area contributed by atoms with Crippen LogP contribution in [0, 0.1) is 0 Å². The molecule has 1 unspecified atom stereocenters. The first-order chi connectivity index (χ1) is 8.24. The molecule has 0 heterocycles. The van der Waals surface area contributed by atoms with E-state index in [2.05, 4.69) is 5.32 Å². The number of likely N-dealkylation sites (N-methyl/N-ethyl adjacent to an activating group) is 1. The number of rotatable bonds is 7. The second-order valence-corrected chi connectivity index (χ2v) is 3.75. The molecule has 0 saturated carbocycles. The number of nitrogens with one attached hydrogen (secondary N) is 1. The molecule has 0 bridgehead atoms. The zero-order valence-electron chi connectivity index (χ0n) is 10.5. The molecule has 0 aromatic heterocycles. The van der Waals surface area contributed by atoms with E-state index in [0.29, 0.717) is 0 Å². The summed E-state index contributed by atoms with van der Waals surface area (Å²) >= 11 is 0. The third-order valence-electron chi connectivity index (χ3n) is 2.75. The lowest BCUT2D eigenvalue weighted by molar-refractivity contribution is -0.109. The Labute approximate surface area is 102 Å². The quantitative estimate of drug-likeness (QED) is 0.729. The molecule has 1 aromatic carbocycles. The van der Waals surface area contributed by atoms with Gasteiger partial charge < -0.3 is 19.6 Å². The number of aryl methyl sites for hydroxylation is 1. The number of aldehydes is 1. The van der Waals surface area contributed by atoms with Gasteiger partial charge in [0, 0.05) is 0 Å². The standard InChI is InChI=1S/C13H19NO3/c1-14-11(9-15)5-4-10-8-12(16-2)6-7-13(10)17-3/h6-9,11,14H,4-5H2,1-3H3. The largest absolute Gasteiger partial charge is 0.497 e. The fourth-order valence-corrected chi connectivity index (χ4v) is 1.67. The number of hydrogen-bond donors (Lipinski definition) is 1. The summed E-state index contributed by atoms with van der Waals surface area (Å²) in [5.74, 6) is 1.62. The van der Waals surface area contributed by atoms with Crippen LogP contribution in [0.3, 0.4) is 0 Å². The molecule has 4 nitrogen and oxygen atoms in total. The summed E-state index contributed by atoms with van der Waals surface area (Å²) in [4.78, 5) is 10.7. The summed E-state index contributed by atoms with van der Waals surface area (Å²) < 4.78 is 10.5. The highest BCUT2D eigenvalue weighted by Gasteiger charge is 2.09. The number of ether oxygens (including phenoxy) is 2. The highest BCUT2D eigenvalue weighted by molar-refractivity contribution is 5.57. The molecule has 0 aliphatic heterocycles. The van der Waals surface area contributed by atoms with E-state index in [-0.39, 0.29) is 6.04 Å². The highest BCUT2D eigenvalue weighted by atomic mass is 16.5. The van der Waals surface area contributed by atoms with Gasteiger partial charge in [-0.1, -0.05) is 0 Å². The smallest absolute Gasteiger partial charge is 0.136 e. The molecule has 0 saturated heterocycles.